The highest BCUT2D eigenvalue weighted by Gasteiger charge is 2.13. The standard InChI is InChI=1S/C17H26N4O3/c1-12(2)7-8-15(22)20-11-16(23)21-14-6-4-3-5-13(14)17(24)19-10-9-18/h3-6,12H,7-11,18H2,1-2H3,(H,19,24)(H,20,22)(H,21,23). The molecule has 132 valence electrons. The number of para-hydroxylation sites is 1. The van der Waals surface area contributed by atoms with Gasteiger partial charge in [-0.15, -0.1) is 0 Å². The van der Waals surface area contributed by atoms with E-state index in [9.17, 15) is 14.4 Å². The summed E-state index contributed by atoms with van der Waals surface area (Å²) in [5, 5.41) is 7.87. The normalized spacial score (nSPS) is 10.3. The van der Waals surface area contributed by atoms with Crippen LogP contribution in [0.25, 0.3) is 0 Å². The summed E-state index contributed by atoms with van der Waals surface area (Å²) in [5.74, 6) is -0.416. The first-order valence-electron chi connectivity index (χ1n) is 8.08. The number of anilines is 1. The van der Waals surface area contributed by atoms with E-state index in [4.69, 9.17) is 5.73 Å². The van der Waals surface area contributed by atoms with Crippen molar-refractivity contribution < 1.29 is 14.4 Å². The number of benzene rings is 1. The van der Waals surface area contributed by atoms with Crippen molar-refractivity contribution in [3.63, 3.8) is 0 Å². The summed E-state index contributed by atoms with van der Waals surface area (Å²) in [4.78, 5) is 35.6. The van der Waals surface area contributed by atoms with Crippen LogP contribution in [0, 0.1) is 5.92 Å². The van der Waals surface area contributed by atoms with E-state index in [1.54, 1.807) is 24.3 Å². The molecule has 0 aliphatic rings. The Morgan fingerprint density at radius 2 is 1.79 bits per heavy atom. The fourth-order valence-electron chi connectivity index (χ4n) is 1.95. The van der Waals surface area contributed by atoms with E-state index in [2.05, 4.69) is 16.0 Å². The van der Waals surface area contributed by atoms with E-state index < -0.39 is 0 Å². The topological polar surface area (TPSA) is 113 Å². The Morgan fingerprint density at radius 3 is 2.46 bits per heavy atom. The van der Waals surface area contributed by atoms with E-state index in [0.717, 1.165) is 6.42 Å². The predicted molar refractivity (Wildman–Crippen MR) is 93.5 cm³/mol. The van der Waals surface area contributed by atoms with Gasteiger partial charge in [0, 0.05) is 19.5 Å². The van der Waals surface area contributed by atoms with E-state index in [1.165, 1.54) is 0 Å². The van der Waals surface area contributed by atoms with Crippen LogP contribution in [0.2, 0.25) is 0 Å². The van der Waals surface area contributed by atoms with Crippen LogP contribution in [0.5, 0.6) is 0 Å². The Kier molecular flexibility index (Phi) is 8.49. The molecule has 7 heteroatoms. The Balaban J connectivity index is 2.55. The molecule has 0 saturated carbocycles. The van der Waals surface area contributed by atoms with Gasteiger partial charge in [-0.25, -0.2) is 0 Å². The highest BCUT2D eigenvalue weighted by molar-refractivity contribution is 6.04. The van der Waals surface area contributed by atoms with Gasteiger partial charge in [0.05, 0.1) is 17.8 Å². The van der Waals surface area contributed by atoms with Crippen LogP contribution in [0.3, 0.4) is 0 Å². The number of carbonyl (C=O) groups is 3. The first-order chi connectivity index (χ1) is 11.4. The van der Waals surface area contributed by atoms with Crippen LogP contribution in [0.1, 0.15) is 37.0 Å². The van der Waals surface area contributed by atoms with Crippen molar-refractivity contribution >= 4 is 23.4 Å². The maximum absolute atomic E-state index is 12.0. The third kappa shape index (κ3) is 7.23. The van der Waals surface area contributed by atoms with E-state index >= 15 is 0 Å². The molecule has 0 heterocycles. The molecule has 0 unspecified atom stereocenters. The van der Waals surface area contributed by atoms with Gasteiger partial charge in [0.15, 0.2) is 0 Å². The molecule has 1 aromatic rings. The molecule has 0 fully saturated rings. The van der Waals surface area contributed by atoms with Crippen LogP contribution in [-0.4, -0.2) is 37.4 Å². The molecule has 0 aliphatic heterocycles. The first-order valence-corrected chi connectivity index (χ1v) is 8.08. The Morgan fingerprint density at radius 1 is 1.08 bits per heavy atom. The molecule has 0 aromatic heterocycles. The number of hydrogen-bond donors (Lipinski definition) is 4. The summed E-state index contributed by atoms with van der Waals surface area (Å²) >= 11 is 0. The van der Waals surface area contributed by atoms with Gasteiger partial charge >= 0.3 is 0 Å². The van der Waals surface area contributed by atoms with Crippen molar-refractivity contribution in [1.82, 2.24) is 10.6 Å². The lowest BCUT2D eigenvalue weighted by molar-refractivity contribution is -0.124. The molecule has 0 radical (unpaired) electrons. The molecule has 0 saturated heterocycles. The fraction of sp³-hybridized carbons (Fsp3) is 0.471. The lowest BCUT2D eigenvalue weighted by Crippen LogP contribution is -2.34. The van der Waals surface area contributed by atoms with Gasteiger partial charge in [-0.1, -0.05) is 26.0 Å². The van der Waals surface area contributed by atoms with Crippen molar-refractivity contribution in [2.24, 2.45) is 11.7 Å². The molecule has 0 atom stereocenters. The minimum absolute atomic E-state index is 0.129. The smallest absolute Gasteiger partial charge is 0.253 e. The SMILES string of the molecule is CC(C)CCC(=O)NCC(=O)Nc1ccccc1C(=O)NCCN. The fourth-order valence-corrected chi connectivity index (χ4v) is 1.95. The zero-order chi connectivity index (χ0) is 17.9. The molecule has 1 aromatic carbocycles. The highest BCUT2D eigenvalue weighted by Crippen LogP contribution is 2.14. The molecule has 3 amide bonds. The molecule has 0 spiro atoms. The number of carbonyl (C=O) groups excluding carboxylic acids is 3. The molecule has 24 heavy (non-hydrogen) atoms. The Bertz CT molecular complexity index is 573. The molecule has 5 N–H and O–H groups in total. The third-order valence-electron chi connectivity index (χ3n) is 3.27. The Hall–Kier alpha value is -2.41. The number of nitrogens with two attached hydrogens (primary N) is 1. The lowest BCUT2D eigenvalue weighted by Gasteiger charge is -2.12. The minimum Gasteiger partial charge on any atom is -0.351 e. The van der Waals surface area contributed by atoms with Crippen molar-refractivity contribution in [2.75, 3.05) is 25.0 Å². The van der Waals surface area contributed by atoms with Gasteiger partial charge in [-0.05, 0) is 24.5 Å². The molecular formula is C17H26N4O3. The maximum atomic E-state index is 12.0. The number of amides is 3. The van der Waals surface area contributed by atoms with E-state index in [0.29, 0.717) is 36.7 Å². The predicted octanol–water partition coefficient (Wildman–Crippen LogP) is 0.866. The largest absolute Gasteiger partial charge is 0.351 e. The molecule has 7 nitrogen and oxygen atoms in total. The van der Waals surface area contributed by atoms with Crippen LogP contribution < -0.4 is 21.7 Å². The second kappa shape index (κ2) is 10.4. The summed E-state index contributed by atoms with van der Waals surface area (Å²) in [6.45, 7) is 4.63. The quantitative estimate of drug-likeness (QED) is 0.536. The van der Waals surface area contributed by atoms with Gasteiger partial charge < -0.3 is 21.7 Å². The number of hydrogen-bond acceptors (Lipinski definition) is 4. The van der Waals surface area contributed by atoms with Crippen LogP contribution in [0.15, 0.2) is 24.3 Å². The summed E-state index contributed by atoms with van der Waals surface area (Å²) in [7, 11) is 0. The third-order valence-corrected chi connectivity index (χ3v) is 3.27. The van der Waals surface area contributed by atoms with Gasteiger partial charge in [0.1, 0.15) is 0 Å². The number of nitrogens with one attached hydrogen (secondary N) is 3. The summed E-state index contributed by atoms with van der Waals surface area (Å²) in [5.41, 5.74) is 6.11. The second-order valence-corrected chi connectivity index (χ2v) is 5.85. The van der Waals surface area contributed by atoms with Crippen LogP contribution >= 0.6 is 0 Å². The maximum Gasteiger partial charge on any atom is 0.253 e. The van der Waals surface area contributed by atoms with Crippen molar-refractivity contribution in [1.29, 1.82) is 0 Å². The highest BCUT2D eigenvalue weighted by atomic mass is 16.2. The van der Waals surface area contributed by atoms with Crippen LogP contribution in [0.4, 0.5) is 5.69 Å². The summed E-state index contributed by atoms with van der Waals surface area (Å²) in [6.07, 6.45) is 1.17. The number of rotatable bonds is 9. The van der Waals surface area contributed by atoms with Crippen molar-refractivity contribution in [3.05, 3.63) is 29.8 Å². The summed E-state index contributed by atoms with van der Waals surface area (Å²) < 4.78 is 0. The zero-order valence-corrected chi connectivity index (χ0v) is 14.2. The van der Waals surface area contributed by atoms with Gasteiger partial charge in [0.25, 0.3) is 5.91 Å². The second-order valence-electron chi connectivity index (χ2n) is 5.85. The van der Waals surface area contributed by atoms with Gasteiger partial charge in [-0.2, -0.15) is 0 Å². The van der Waals surface area contributed by atoms with E-state index in [-0.39, 0.29) is 24.3 Å². The van der Waals surface area contributed by atoms with Crippen molar-refractivity contribution in [2.45, 2.75) is 26.7 Å². The lowest BCUT2D eigenvalue weighted by atomic mass is 10.1. The van der Waals surface area contributed by atoms with Crippen molar-refractivity contribution in [3.8, 4) is 0 Å². The molecule has 0 bridgehead atoms. The molecule has 1 rings (SSSR count). The average molecular weight is 334 g/mol. The van der Waals surface area contributed by atoms with Gasteiger partial charge in [0.2, 0.25) is 11.8 Å². The monoisotopic (exact) mass is 334 g/mol. The Labute approximate surface area is 142 Å². The molecule has 0 aliphatic carbocycles. The average Bonchev–Trinajstić information content (AvgIpc) is 2.56. The van der Waals surface area contributed by atoms with Gasteiger partial charge in [-0.3, -0.25) is 14.4 Å². The summed E-state index contributed by atoms with van der Waals surface area (Å²) in [6, 6.07) is 6.68. The minimum atomic E-state index is -0.382. The van der Waals surface area contributed by atoms with Crippen LogP contribution in [-0.2, 0) is 9.59 Å². The first kappa shape index (κ1) is 19.6. The van der Waals surface area contributed by atoms with E-state index in [1.807, 2.05) is 13.8 Å². The molecular weight excluding hydrogens is 308 g/mol. The zero-order valence-electron chi connectivity index (χ0n) is 14.2.